The Labute approximate surface area is 41.0 Å². The smallest absolute Gasteiger partial charge is 0.241 e. The van der Waals surface area contributed by atoms with Crippen LogP contribution in [0, 0.1) is 0 Å². The van der Waals surface area contributed by atoms with Crippen molar-refractivity contribution in [2.24, 2.45) is 0 Å². The van der Waals surface area contributed by atoms with Gasteiger partial charge in [-0.3, -0.25) is 0 Å². The van der Waals surface area contributed by atoms with Gasteiger partial charge in [0.15, 0.2) is 0 Å². The van der Waals surface area contributed by atoms with E-state index in [-0.39, 0.29) is 0 Å². The Morgan fingerprint density at radius 2 is 2.00 bits per heavy atom. The third kappa shape index (κ3) is 5.82. The van der Waals surface area contributed by atoms with Gasteiger partial charge in [0, 0.05) is 6.42 Å². The Balaban J connectivity index is 2.95. The Morgan fingerprint density at radius 3 is 2.00 bits per heavy atom. The molecule has 0 heterocycles. The fourth-order valence-electron chi connectivity index (χ4n) is 0.258. The van der Waals surface area contributed by atoms with Gasteiger partial charge in [0.05, 0.1) is 6.10 Å². The summed E-state index contributed by atoms with van der Waals surface area (Å²) in [5, 5.41) is 8.24. The van der Waals surface area contributed by atoms with Crippen molar-refractivity contribution in [2.45, 2.75) is 25.9 Å². The van der Waals surface area contributed by atoms with Gasteiger partial charge in [-0.05, 0) is 6.92 Å². The highest BCUT2D eigenvalue weighted by atomic mass is 19.3. The molecule has 0 amide bonds. The second kappa shape index (κ2) is 2.91. The average Bonchev–Trinajstić information content (AvgIpc) is 1.27. The van der Waals surface area contributed by atoms with Crippen LogP contribution in [-0.2, 0) is 0 Å². The van der Waals surface area contributed by atoms with Crippen LogP contribution in [-0.4, -0.2) is 17.6 Å². The summed E-state index contributed by atoms with van der Waals surface area (Å²) in [5.41, 5.74) is 0. The molecular formula is C4H8F2O. The molecule has 7 heavy (non-hydrogen) atoms. The van der Waals surface area contributed by atoms with Gasteiger partial charge in [0.1, 0.15) is 0 Å². The van der Waals surface area contributed by atoms with Crippen LogP contribution in [0.15, 0.2) is 0 Å². The summed E-state index contributed by atoms with van der Waals surface area (Å²) < 4.78 is 22.3. The maximum atomic E-state index is 11.1. The van der Waals surface area contributed by atoms with Gasteiger partial charge in [-0.25, -0.2) is 8.78 Å². The fourth-order valence-corrected chi connectivity index (χ4v) is 0.258. The summed E-state index contributed by atoms with van der Waals surface area (Å²) >= 11 is 0. The predicted molar refractivity (Wildman–Crippen MR) is 22.3 cm³/mol. The fraction of sp³-hybridized carbons (Fsp3) is 1.00. The zero-order chi connectivity index (χ0) is 5.86. The number of aliphatic hydroxyl groups excluding tert-OH is 1. The van der Waals surface area contributed by atoms with Gasteiger partial charge in [-0.1, -0.05) is 0 Å². The van der Waals surface area contributed by atoms with Crippen molar-refractivity contribution in [1.82, 2.24) is 0 Å². The van der Waals surface area contributed by atoms with Gasteiger partial charge >= 0.3 is 0 Å². The molecule has 0 aliphatic rings. The van der Waals surface area contributed by atoms with E-state index in [9.17, 15) is 8.78 Å². The lowest BCUT2D eigenvalue weighted by Gasteiger charge is -1.98. The Bertz CT molecular complexity index is 39.0. The van der Waals surface area contributed by atoms with Crippen LogP contribution in [0.2, 0.25) is 0 Å². The molecule has 1 atom stereocenters. The van der Waals surface area contributed by atoms with Gasteiger partial charge in [0.25, 0.3) is 0 Å². The Hall–Kier alpha value is -0.180. The summed E-state index contributed by atoms with van der Waals surface area (Å²) in [6.45, 7) is 1.34. The number of aliphatic hydroxyl groups is 1. The zero-order valence-electron chi connectivity index (χ0n) is 4.06. The van der Waals surface area contributed by atoms with E-state index in [0.717, 1.165) is 0 Å². The lowest BCUT2D eigenvalue weighted by Crippen LogP contribution is -2.05. The van der Waals surface area contributed by atoms with Crippen LogP contribution in [0.25, 0.3) is 0 Å². The lowest BCUT2D eigenvalue weighted by molar-refractivity contribution is 0.0704. The van der Waals surface area contributed by atoms with Crippen LogP contribution in [0.3, 0.4) is 0 Å². The van der Waals surface area contributed by atoms with Crippen LogP contribution in [0.1, 0.15) is 13.3 Å². The second-order valence-electron chi connectivity index (χ2n) is 1.48. The molecule has 0 aliphatic heterocycles. The SMILES string of the molecule is C[C@@H](O)CC(F)F. The topological polar surface area (TPSA) is 20.2 Å². The molecule has 0 unspecified atom stereocenters. The highest BCUT2D eigenvalue weighted by molar-refractivity contribution is 4.46. The molecule has 0 saturated carbocycles. The Morgan fingerprint density at radius 1 is 1.57 bits per heavy atom. The second-order valence-corrected chi connectivity index (χ2v) is 1.48. The molecule has 0 fully saturated rings. The van der Waals surface area contributed by atoms with Crippen molar-refractivity contribution in [3.63, 3.8) is 0 Å². The van der Waals surface area contributed by atoms with Gasteiger partial charge in [-0.2, -0.15) is 0 Å². The summed E-state index contributed by atoms with van der Waals surface area (Å²) in [6, 6.07) is 0. The van der Waals surface area contributed by atoms with Crippen LogP contribution in [0.4, 0.5) is 8.78 Å². The molecule has 0 bridgehead atoms. The first kappa shape index (κ1) is 6.82. The summed E-state index contributed by atoms with van der Waals surface area (Å²) in [5.74, 6) is 0. The van der Waals surface area contributed by atoms with Crippen molar-refractivity contribution in [1.29, 1.82) is 0 Å². The summed E-state index contributed by atoms with van der Waals surface area (Å²) in [4.78, 5) is 0. The normalized spacial score (nSPS) is 15.0. The third-order valence-corrected chi connectivity index (χ3v) is 0.519. The molecule has 1 nitrogen and oxygen atoms in total. The van der Waals surface area contributed by atoms with Crippen molar-refractivity contribution in [3.8, 4) is 0 Å². The van der Waals surface area contributed by atoms with Gasteiger partial charge in [0.2, 0.25) is 6.43 Å². The van der Waals surface area contributed by atoms with E-state index in [1.807, 2.05) is 0 Å². The number of hydrogen-bond acceptors (Lipinski definition) is 1. The lowest BCUT2D eigenvalue weighted by atomic mass is 10.3. The monoisotopic (exact) mass is 110 g/mol. The molecule has 0 aromatic rings. The van der Waals surface area contributed by atoms with E-state index in [4.69, 9.17) is 5.11 Å². The number of halogens is 2. The van der Waals surface area contributed by atoms with Crippen LogP contribution < -0.4 is 0 Å². The largest absolute Gasteiger partial charge is 0.393 e. The molecule has 0 rings (SSSR count). The summed E-state index contributed by atoms with van der Waals surface area (Å²) in [7, 11) is 0. The van der Waals surface area contributed by atoms with Crippen molar-refractivity contribution >= 4 is 0 Å². The minimum atomic E-state index is -2.38. The molecule has 1 N–H and O–H groups in total. The molecular weight excluding hydrogens is 102 g/mol. The Kier molecular flexibility index (Phi) is 2.83. The van der Waals surface area contributed by atoms with Crippen molar-refractivity contribution in [2.75, 3.05) is 0 Å². The van der Waals surface area contributed by atoms with Gasteiger partial charge in [-0.15, -0.1) is 0 Å². The minimum Gasteiger partial charge on any atom is -0.393 e. The maximum Gasteiger partial charge on any atom is 0.241 e. The molecule has 0 saturated heterocycles. The minimum absolute atomic E-state index is 0.417. The van der Waals surface area contributed by atoms with Crippen molar-refractivity contribution < 1.29 is 13.9 Å². The maximum absolute atomic E-state index is 11.1. The third-order valence-electron chi connectivity index (χ3n) is 0.519. The standard InChI is InChI=1S/C4H8F2O/c1-3(7)2-4(5)6/h3-4,7H,2H2,1H3/t3-/m1/s1. The first-order valence-corrected chi connectivity index (χ1v) is 2.09. The van der Waals surface area contributed by atoms with Gasteiger partial charge < -0.3 is 5.11 Å². The molecule has 44 valence electrons. The highest BCUT2D eigenvalue weighted by Gasteiger charge is 2.05. The predicted octanol–water partition coefficient (Wildman–Crippen LogP) is 1.02. The number of hydrogen-bond donors (Lipinski definition) is 1. The van der Waals surface area contributed by atoms with E-state index in [0.29, 0.717) is 0 Å². The van der Waals surface area contributed by atoms with E-state index >= 15 is 0 Å². The first-order chi connectivity index (χ1) is 3.13. The van der Waals surface area contributed by atoms with Crippen LogP contribution >= 0.6 is 0 Å². The number of rotatable bonds is 2. The van der Waals surface area contributed by atoms with Crippen LogP contribution in [0.5, 0.6) is 0 Å². The molecule has 0 spiro atoms. The molecule has 0 aromatic heterocycles. The number of alkyl halides is 2. The van der Waals surface area contributed by atoms with E-state index < -0.39 is 19.0 Å². The first-order valence-electron chi connectivity index (χ1n) is 2.09. The molecule has 0 aromatic carbocycles. The molecule has 0 radical (unpaired) electrons. The zero-order valence-corrected chi connectivity index (χ0v) is 4.06. The van der Waals surface area contributed by atoms with E-state index in [1.54, 1.807) is 0 Å². The van der Waals surface area contributed by atoms with E-state index in [1.165, 1.54) is 6.92 Å². The molecule has 3 heteroatoms. The van der Waals surface area contributed by atoms with E-state index in [2.05, 4.69) is 0 Å². The summed E-state index contributed by atoms with van der Waals surface area (Å²) in [6.07, 6.45) is -3.67. The quantitative estimate of drug-likeness (QED) is 0.562. The molecule has 0 aliphatic carbocycles. The highest BCUT2D eigenvalue weighted by Crippen LogP contribution is 2.01. The van der Waals surface area contributed by atoms with Crippen molar-refractivity contribution in [3.05, 3.63) is 0 Å². The average molecular weight is 110 g/mol.